The molecule has 1 heterocycles. The molecule has 2 aromatic rings. The summed E-state index contributed by atoms with van der Waals surface area (Å²) in [4.78, 5) is 6.46. The highest BCUT2D eigenvalue weighted by atomic mass is 19.4. The molecule has 4 nitrogen and oxygen atoms in total. The third kappa shape index (κ3) is 4.06. The second-order valence-corrected chi connectivity index (χ2v) is 6.88. The summed E-state index contributed by atoms with van der Waals surface area (Å²) < 4.78 is 42.1. The molecule has 0 bridgehead atoms. The van der Waals surface area contributed by atoms with Crippen molar-refractivity contribution in [3.8, 4) is 6.07 Å². The summed E-state index contributed by atoms with van der Waals surface area (Å²) in [5.41, 5.74) is 1.34. The van der Waals surface area contributed by atoms with E-state index in [9.17, 15) is 13.2 Å². The molecule has 1 aromatic carbocycles. The highest BCUT2D eigenvalue weighted by Gasteiger charge is 2.34. The molecule has 0 saturated carbocycles. The van der Waals surface area contributed by atoms with Crippen LogP contribution in [0.5, 0.6) is 0 Å². The summed E-state index contributed by atoms with van der Waals surface area (Å²) in [7, 11) is 0. The lowest BCUT2D eigenvalue weighted by Crippen LogP contribution is -2.36. The van der Waals surface area contributed by atoms with Crippen LogP contribution in [-0.4, -0.2) is 22.1 Å². The Morgan fingerprint density at radius 3 is 2.71 bits per heavy atom. The van der Waals surface area contributed by atoms with Gasteiger partial charge in [-0.15, -0.1) is 0 Å². The van der Waals surface area contributed by atoms with Crippen molar-refractivity contribution < 1.29 is 13.2 Å². The number of aryl methyl sites for hydroxylation is 1. The molecule has 148 valence electrons. The average molecular weight is 388 g/mol. The number of anilines is 1. The van der Waals surface area contributed by atoms with Crippen LogP contribution in [0.3, 0.4) is 0 Å². The van der Waals surface area contributed by atoms with Gasteiger partial charge in [0.1, 0.15) is 0 Å². The number of benzene rings is 1. The topological polar surface area (TPSA) is 44.9 Å². The van der Waals surface area contributed by atoms with Crippen LogP contribution in [0, 0.1) is 11.3 Å². The van der Waals surface area contributed by atoms with Crippen molar-refractivity contribution in [2.45, 2.75) is 51.9 Å². The second-order valence-electron chi connectivity index (χ2n) is 6.88. The minimum atomic E-state index is -4.55. The van der Waals surface area contributed by atoms with Crippen LogP contribution >= 0.6 is 0 Å². The highest BCUT2D eigenvalue weighted by Crippen LogP contribution is 2.37. The molecule has 0 amide bonds. The minimum absolute atomic E-state index is 0.0887. The number of nitrogens with zero attached hydrogens (tertiary/aromatic N) is 4. The van der Waals surface area contributed by atoms with Crippen LogP contribution in [0.15, 0.2) is 36.8 Å². The first-order valence-electron chi connectivity index (χ1n) is 9.46. The van der Waals surface area contributed by atoms with E-state index in [4.69, 9.17) is 5.26 Å². The van der Waals surface area contributed by atoms with E-state index in [0.717, 1.165) is 43.1 Å². The number of halogens is 3. The Labute approximate surface area is 162 Å². The third-order valence-corrected chi connectivity index (χ3v) is 5.22. The van der Waals surface area contributed by atoms with E-state index in [-0.39, 0.29) is 11.6 Å². The molecule has 0 N–H and O–H groups in total. The monoisotopic (exact) mass is 388 g/mol. The lowest BCUT2D eigenvalue weighted by atomic mass is 9.91. The smallest absolute Gasteiger partial charge is 0.368 e. The van der Waals surface area contributed by atoms with E-state index in [0.29, 0.717) is 12.2 Å². The maximum Gasteiger partial charge on any atom is 0.417 e. The lowest BCUT2D eigenvalue weighted by Gasteiger charge is -2.35. The molecule has 7 heteroatoms. The van der Waals surface area contributed by atoms with Gasteiger partial charge in [-0.1, -0.05) is 6.08 Å². The summed E-state index contributed by atoms with van der Waals surface area (Å²) in [6.07, 6.45) is 3.89. The molecule has 0 fully saturated rings. The van der Waals surface area contributed by atoms with E-state index in [1.54, 1.807) is 18.5 Å². The standard InChI is InChI=1S/C21H23F3N4/c1-3-27-13-20(26-14-27)15-6-5-7-17(10-15)28(4-2)18-9-8-16(12-25)19(11-18)21(22,23)24/h6,8-9,11,13-14,17H,3-5,7,10H2,1-2H3. The Morgan fingerprint density at radius 1 is 1.32 bits per heavy atom. The maximum absolute atomic E-state index is 13.4. The average Bonchev–Trinajstić information content (AvgIpc) is 3.17. The van der Waals surface area contributed by atoms with E-state index >= 15 is 0 Å². The fourth-order valence-corrected chi connectivity index (χ4v) is 3.76. The van der Waals surface area contributed by atoms with E-state index < -0.39 is 11.7 Å². The van der Waals surface area contributed by atoms with Crippen LogP contribution in [0.1, 0.15) is 49.9 Å². The number of rotatable bonds is 5. The Balaban J connectivity index is 1.88. The van der Waals surface area contributed by atoms with E-state index in [2.05, 4.69) is 11.1 Å². The molecular weight excluding hydrogens is 365 g/mol. The number of hydrogen-bond donors (Lipinski definition) is 0. The van der Waals surface area contributed by atoms with Crippen LogP contribution in [0.2, 0.25) is 0 Å². The second kappa shape index (κ2) is 8.09. The molecule has 0 radical (unpaired) electrons. The molecule has 0 aliphatic heterocycles. The largest absolute Gasteiger partial charge is 0.417 e. The zero-order chi connectivity index (χ0) is 20.3. The van der Waals surface area contributed by atoms with Crippen LogP contribution in [-0.2, 0) is 12.7 Å². The van der Waals surface area contributed by atoms with Crippen molar-refractivity contribution in [3.05, 3.63) is 53.6 Å². The lowest BCUT2D eigenvalue weighted by molar-refractivity contribution is -0.137. The van der Waals surface area contributed by atoms with Gasteiger partial charge in [-0.3, -0.25) is 0 Å². The van der Waals surface area contributed by atoms with Crippen molar-refractivity contribution in [2.24, 2.45) is 0 Å². The van der Waals surface area contributed by atoms with Gasteiger partial charge < -0.3 is 9.47 Å². The summed E-state index contributed by atoms with van der Waals surface area (Å²) in [5, 5.41) is 9.02. The Bertz CT molecular complexity index is 905. The zero-order valence-corrected chi connectivity index (χ0v) is 16.0. The fraction of sp³-hybridized carbons (Fsp3) is 0.429. The number of allylic oxidation sites excluding steroid dienone is 1. The predicted octanol–water partition coefficient (Wildman–Crippen LogP) is 5.26. The van der Waals surface area contributed by atoms with E-state index in [1.165, 1.54) is 6.07 Å². The van der Waals surface area contributed by atoms with Crippen LogP contribution < -0.4 is 4.90 Å². The molecule has 1 aliphatic rings. The Morgan fingerprint density at radius 2 is 2.11 bits per heavy atom. The Kier molecular flexibility index (Phi) is 5.78. The normalized spacial score (nSPS) is 17.1. The molecule has 0 saturated heterocycles. The van der Waals surface area contributed by atoms with Gasteiger partial charge in [-0.2, -0.15) is 18.4 Å². The maximum atomic E-state index is 13.4. The van der Waals surface area contributed by atoms with Crippen molar-refractivity contribution in [2.75, 3.05) is 11.4 Å². The minimum Gasteiger partial charge on any atom is -0.368 e. The summed E-state index contributed by atoms with van der Waals surface area (Å²) in [6, 6.07) is 5.72. The zero-order valence-electron chi connectivity index (χ0n) is 16.0. The molecule has 1 atom stereocenters. The molecule has 28 heavy (non-hydrogen) atoms. The van der Waals surface area contributed by atoms with Gasteiger partial charge in [0.2, 0.25) is 0 Å². The summed E-state index contributed by atoms with van der Waals surface area (Å²) >= 11 is 0. The molecule has 3 rings (SSSR count). The van der Waals surface area contributed by atoms with Crippen LogP contribution in [0.4, 0.5) is 18.9 Å². The molecule has 1 unspecified atom stereocenters. The molecule has 0 spiro atoms. The number of imidazole rings is 1. The number of hydrogen-bond acceptors (Lipinski definition) is 3. The third-order valence-electron chi connectivity index (χ3n) is 5.22. The van der Waals surface area contributed by atoms with Crippen molar-refractivity contribution in [1.29, 1.82) is 5.26 Å². The summed E-state index contributed by atoms with van der Waals surface area (Å²) in [6.45, 7) is 5.42. The fourth-order valence-electron chi connectivity index (χ4n) is 3.76. The van der Waals surface area contributed by atoms with Gasteiger partial charge in [0.25, 0.3) is 0 Å². The van der Waals surface area contributed by atoms with Gasteiger partial charge in [0, 0.05) is 31.0 Å². The first-order valence-corrected chi connectivity index (χ1v) is 9.46. The van der Waals surface area contributed by atoms with Crippen LogP contribution in [0.25, 0.3) is 5.57 Å². The molecule has 1 aliphatic carbocycles. The van der Waals surface area contributed by atoms with Crippen molar-refractivity contribution in [1.82, 2.24) is 9.55 Å². The van der Waals surface area contributed by atoms with Gasteiger partial charge in [-0.05, 0) is 56.9 Å². The van der Waals surface area contributed by atoms with E-state index in [1.807, 2.05) is 29.5 Å². The SMILES string of the molecule is CCN(c1ccc(C#N)c(C(F)(F)F)c1)C1CCC=C(c2cn(CC)cn2)C1. The first-order chi connectivity index (χ1) is 13.4. The van der Waals surface area contributed by atoms with Gasteiger partial charge in [-0.25, -0.2) is 4.98 Å². The highest BCUT2D eigenvalue weighted by molar-refractivity contribution is 5.65. The quantitative estimate of drug-likeness (QED) is 0.702. The van der Waals surface area contributed by atoms with Crippen molar-refractivity contribution in [3.63, 3.8) is 0 Å². The van der Waals surface area contributed by atoms with Gasteiger partial charge in [0.15, 0.2) is 0 Å². The predicted molar refractivity (Wildman–Crippen MR) is 103 cm³/mol. The Hall–Kier alpha value is -2.75. The number of aromatic nitrogens is 2. The van der Waals surface area contributed by atoms with Gasteiger partial charge in [0.05, 0.1) is 29.2 Å². The van der Waals surface area contributed by atoms with Gasteiger partial charge >= 0.3 is 6.18 Å². The molecular formula is C21H23F3N4. The summed E-state index contributed by atoms with van der Waals surface area (Å²) in [5.74, 6) is 0. The first kappa shape index (κ1) is 20.0. The van der Waals surface area contributed by atoms with Crippen molar-refractivity contribution >= 4 is 11.3 Å². The molecule has 1 aromatic heterocycles. The number of nitriles is 1. The number of alkyl halides is 3.